The van der Waals surface area contributed by atoms with E-state index in [1.54, 1.807) is 12.1 Å². The van der Waals surface area contributed by atoms with Gasteiger partial charge in [0.2, 0.25) is 5.91 Å². The SMILES string of the molecule is CC(=O)NCC1CCN(c2ccc(C#N)c(Br)c2F)CC1. The Morgan fingerprint density at radius 2 is 2.19 bits per heavy atom. The first kappa shape index (κ1) is 15.8. The number of amides is 1. The van der Waals surface area contributed by atoms with E-state index in [9.17, 15) is 9.18 Å². The molecule has 1 amide bonds. The molecule has 112 valence electrons. The molecule has 1 aliphatic heterocycles. The number of hydrogen-bond acceptors (Lipinski definition) is 3. The molecule has 4 nitrogen and oxygen atoms in total. The van der Waals surface area contributed by atoms with Gasteiger partial charge < -0.3 is 10.2 Å². The van der Waals surface area contributed by atoms with Gasteiger partial charge in [-0.1, -0.05) is 0 Å². The smallest absolute Gasteiger partial charge is 0.216 e. The zero-order valence-corrected chi connectivity index (χ0v) is 13.4. The van der Waals surface area contributed by atoms with E-state index in [2.05, 4.69) is 21.2 Å². The molecule has 1 heterocycles. The van der Waals surface area contributed by atoms with Gasteiger partial charge in [0.05, 0.1) is 15.7 Å². The minimum absolute atomic E-state index is 0.0144. The third-order valence-corrected chi connectivity index (χ3v) is 4.55. The molecule has 1 fully saturated rings. The van der Waals surface area contributed by atoms with Crippen molar-refractivity contribution in [3.63, 3.8) is 0 Å². The third kappa shape index (κ3) is 3.73. The molecular weight excluding hydrogens is 337 g/mol. The van der Waals surface area contributed by atoms with Crippen molar-refractivity contribution < 1.29 is 9.18 Å². The van der Waals surface area contributed by atoms with E-state index in [0.717, 1.165) is 25.9 Å². The van der Waals surface area contributed by atoms with E-state index in [-0.39, 0.29) is 16.2 Å². The first-order chi connectivity index (χ1) is 10.0. The molecule has 2 rings (SSSR count). The summed E-state index contributed by atoms with van der Waals surface area (Å²) in [5.41, 5.74) is 0.829. The minimum atomic E-state index is -0.380. The van der Waals surface area contributed by atoms with Crippen LogP contribution in [0.4, 0.5) is 10.1 Å². The lowest BCUT2D eigenvalue weighted by atomic mass is 9.96. The summed E-state index contributed by atoms with van der Waals surface area (Å²) in [6.07, 6.45) is 1.83. The molecule has 21 heavy (non-hydrogen) atoms. The van der Waals surface area contributed by atoms with Crippen LogP contribution in [0.3, 0.4) is 0 Å². The minimum Gasteiger partial charge on any atom is -0.369 e. The van der Waals surface area contributed by atoms with Crippen LogP contribution in [0.1, 0.15) is 25.3 Å². The second-order valence-corrected chi connectivity index (χ2v) is 6.03. The Bertz CT molecular complexity index is 577. The Balaban J connectivity index is 2.01. The molecule has 1 N–H and O–H groups in total. The Hall–Kier alpha value is -1.61. The molecule has 1 aromatic carbocycles. The van der Waals surface area contributed by atoms with Gasteiger partial charge in [-0.25, -0.2) is 4.39 Å². The Morgan fingerprint density at radius 3 is 2.76 bits per heavy atom. The summed E-state index contributed by atoms with van der Waals surface area (Å²) in [5, 5.41) is 11.7. The van der Waals surface area contributed by atoms with Crippen LogP contribution >= 0.6 is 15.9 Å². The van der Waals surface area contributed by atoms with Crippen molar-refractivity contribution >= 4 is 27.5 Å². The quantitative estimate of drug-likeness (QED) is 0.908. The number of nitrogens with one attached hydrogen (secondary N) is 1. The lowest BCUT2D eigenvalue weighted by molar-refractivity contribution is -0.119. The van der Waals surface area contributed by atoms with Crippen LogP contribution in [0.5, 0.6) is 0 Å². The molecule has 0 atom stereocenters. The number of nitriles is 1. The zero-order valence-electron chi connectivity index (χ0n) is 11.8. The van der Waals surface area contributed by atoms with Gasteiger partial charge in [-0.05, 0) is 46.8 Å². The summed E-state index contributed by atoms with van der Waals surface area (Å²) < 4.78 is 14.5. The molecule has 0 saturated carbocycles. The van der Waals surface area contributed by atoms with E-state index in [1.807, 2.05) is 11.0 Å². The van der Waals surface area contributed by atoms with Crippen LogP contribution in [0.2, 0.25) is 0 Å². The number of halogens is 2. The predicted molar refractivity (Wildman–Crippen MR) is 82.4 cm³/mol. The Morgan fingerprint density at radius 1 is 1.52 bits per heavy atom. The summed E-state index contributed by atoms with van der Waals surface area (Å²) in [7, 11) is 0. The Kier molecular flexibility index (Phi) is 5.18. The average molecular weight is 354 g/mol. The van der Waals surface area contributed by atoms with Crippen LogP contribution < -0.4 is 10.2 Å². The lowest BCUT2D eigenvalue weighted by Gasteiger charge is -2.34. The highest BCUT2D eigenvalue weighted by Gasteiger charge is 2.23. The van der Waals surface area contributed by atoms with Gasteiger partial charge in [-0.2, -0.15) is 5.26 Å². The normalized spacial score (nSPS) is 15.6. The summed E-state index contributed by atoms with van der Waals surface area (Å²) in [4.78, 5) is 12.9. The standard InChI is InChI=1S/C15H17BrFN3O/c1-10(21)19-9-11-4-6-20(7-5-11)13-3-2-12(8-18)14(16)15(13)17/h2-3,11H,4-7,9H2,1H3,(H,19,21). The van der Waals surface area contributed by atoms with Crippen molar-refractivity contribution in [1.29, 1.82) is 5.26 Å². The Labute approximate surface area is 132 Å². The van der Waals surface area contributed by atoms with Gasteiger partial charge in [0.25, 0.3) is 0 Å². The van der Waals surface area contributed by atoms with Crippen LogP contribution in [-0.2, 0) is 4.79 Å². The number of carbonyl (C=O) groups is 1. The highest BCUT2D eigenvalue weighted by Crippen LogP contribution is 2.31. The van der Waals surface area contributed by atoms with Crippen molar-refractivity contribution in [1.82, 2.24) is 5.32 Å². The summed E-state index contributed by atoms with van der Waals surface area (Å²) >= 11 is 3.14. The monoisotopic (exact) mass is 353 g/mol. The second kappa shape index (κ2) is 6.90. The number of rotatable bonds is 3. The van der Waals surface area contributed by atoms with Crippen LogP contribution in [-0.4, -0.2) is 25.5 Å². The number of benzene rings is 1. The number of anilines is 1. The topological polar surface area (TPSA) is 56.1 Å². The fraction of sp³-hybridized carbons (Fsp3) is 0.467. The summed E-state index contributed by atoms with van der Waals surface area (Å²) in [6, 6.07) is 5.25. The fourth-order valence-electron chi connectivity index (χ4n) is 2.54. The first-order valence-electron chi connectivity index (χ1n) is 6.90. The highest BCUT2D eigenvalue weighted by molar-refractivity contribution is 9.10. The molecule has 1 saturated heterocycles. The van der Waals surface area contributed by atoms with Crippen LogP contribution in [0.25, 0.3) is 0 Å². The van der Waals surface area contributed by atoms with Crippen molar-refractivity contribution in [2.24, 2.45) is 5.92 Å². The molecule has 0 aromatic heterocycles. The molecular formula is C15H17BrFN3O. The second-order valence-electron chi connectivity index (χ2n) is 5.24. The molecule has 0 bridgehead atoms. The van der Waals surface area contributed by atoms with E-state index in [4.69, 9.17) is 5.26 Å². The van der Waals surface area contributed by atoms with Crippen molar-refractivity contribution in [3.05, 3.63) is 28.0 Å². The van der Waals surface area contributed by atoms with Gasteiger partial charge in [-0.3, -0.25) is 4.79 Å². The van der Waals surface area contributed by atoms with Crippen molar-refractivity contribution in [2.45, 2.75) is 19.8 Å². The maximum Gasteiger partial charge on any atom is 0.216 e. The van der Waals surface area contributed by atoms with E-state index < -0.39 is 0 Å². The fourth-order valence-corrected chi connectivity index (χ4v) is 2.96. The maximum absolute atomic E-state index is 14.3. The van der Waals surface area contributed by atoms with Gasteiger partial charge >= 0.3 is 0 Å². The highest BCUT2D eigenvalue weighted by atomic mass is 79.9. The largest absolute Gasteiger partial charge is 0.369 e. The number of hydrogen-bond donors (Lipinski definition) is 1. The molecule has 0 unspecified atom stereocenters. The van der Waals surface area contributed by atoms with Crippen molar-refractivity contribution in [3.8, 4) is 6.07 Å². The van der Waals surface area contributed by atoms with Gasteiger partial charge in [0, 0.05) is 26.6 Å². The molecule has 1 aliphatic rings. The van der Waals surface area contributed by atoms with Gasteiger partial charge in [-0.15, -0.1) is 0 Å². The van der Waals surface area contributed by atoms with Crippen LogP contribution in [0, 0.1) is 23.1 Å². The van der Waals surface area contributed by atoms with Gasteiger partial charge in [0.15, 0.2) is 5.82 Å². The van der Waals surface area contributed by atoms with E-state index in [1.165, 1.54) is 6.92 Å². The maximum atomic E-state index is 14.3. The summed E-state index contributed by atoms with van der Waals surface area (Å²) in [5.74, 6) is 0.0453. The predicted octanol–water partition coefficient (Wildman–Crippen LogP) is 2.81. The third-order valence-electron chi connectivity index (χ3n) is 3.78. The van der Waals surface area contributed by atoms with Gasteiger partial charge in [0.1, 0.15) is 6.07 Å². The first-order valence-corrected chi connectivity index (χ1v) is 7.69. The molecule has 0 aliphatic carbocycles. The number of carbonyl (C=O) groups excluding carboxylic acids is 1. The molecule has 0 spiro atoms. The number of piperidine rings is 1. The molecule has 0 radical (unpaired) electrons. The lowest BCUT2D eigenvalue weighted by Crippen LogP contribution is -2.38. The van der Waals surface area contributed by atoms with Crippen molar-refractivity contribution in [2.75, 3.05) is 24.5 Å². The van der Waals surface area contributed by atoms with Crippen LogP contribution in [0.15, 0.2) is 16.6 Å². The summed E-state index contributed by atoms with van der Waals surface area (Å²) in [6.45, 7) is 3.69. The molecule has 1 aromatic rings. The average Bonchev–Trinajstić information content (AvgIpc) is 2.48. The molecule has 6 heteroatoms. The zero-order chi connectivity index (χ0) is 15.4. The number of nitrogens with zero attached hydrogens (tertiary/aromatic N) is 2. The van der Waals surface area contributed by atoms with E-state index >= 15 is 0 Å². The van der Waals surface area contributed by atoms with E-state index in [0.29, 0.717) is 23.7 Å².